The van der Waals surface area contributed by atoms with E-state index in [0.717, 1.165) is 0 Å². The summed E-state index contributed by atoms with van der Waals surface area (Å²) < 4.78 is 55.5. The third kappa shape index (κ3) is 384. The maximum absolute atomic E-state index is 9.11. The second-order valence-corrected chi connectivity index (χ2v) is 3.99. The predicted octanol–water partition coefficient (Wildman–Crippen LogP) is -4.01. The van der Waals surface area contributed by atoms with Crippen molar-refractivity contribution in [1.82, 2.24) is 0 Å². The molecule has 0 aliphatic carbocycles. The molecular formula is H7MgNaO7S3. The van der Waals surface area contributed by atoms with Crippen LogP contribution >= 0.6 is 0 Å². The minimum absolute atomic E-state index is 0. The normalized spacial score (nSPS) is 9.67. The second kappa shape index (κ2) is 9.48. The van der Waals surface area contributed by atoms with Crippen LogP contribution in [0.1, 0.15) is 4.28 Å². The molecule has 12 heavy (non-hydrogen) atoms. The third-order valence-electron chi connectivity index (χ3n) is 0. The van der Waals surface area contributed by atoms with Gasteiger partial charge in [-0.05, 0) is 0 Å². The number of rotatable bonds is 0. The second-order valence-electron chi connectivity index (χ2n) is 0.896. The molecule has 0 saturated carbocycles. The van der Waals surface area contributed by atoms with Crippen molar-refractivity contribution < 1.29 is 64.7 Å². The summed E-state index contributed by atoms with van der Waals surface area (Å²) in [4.78, 5) is 0. The molecule has 4 N–H and O–H groups in total. The minimum atomic E-state index is -4.67. The van der Waals surface area contributed by atoms with E-state index in [1.807, 2.05) is 0 Å². The van der Waals surface area contributed by atoms with Crippen molar-refractivity contribution in [3.63, 3.8) is 0 Å². The van der Waals surface area contributed by atoms with E-state index >= 15 is 0 Å². The van der Waals surface area contributed by atoms with Crippen LogP contribution in [0.25, 0.3) is 0 Å². The van der Waals surface area contributed by atoms with E-state index in [9.17, 15) is 0 Å². The Labute approximate surface area is 117 Å². The first-order chi connectivity index (χ1) is 4.00. The molecule has 0 heterocycles. The van der Waals surface area contributed by atoms with Gasteiger partial charge in [-0.3, -0.25) is 18.2 Å². The summed E-state index contributed by atoms with van der Waals surface area (Å²) >= 11 is 3.47. The number of hydrogen-bond acceptors (Lipinski definition) is 4. The van der Waals surface area contributed by atoms with Gasteiger partial charge >= 0.3 is 63.0 Å². The first-order valence-corrected chi connectivity index (χ1v) is 5.19. The summed E-state index contributed by atoms with van der Waals surface area (Å²) in [5.74, 6) is 0. The molecular weight excluding hydrogens is 255 g/mol. The Morgan fingerprint density at radius 3 is 1.00 bits per heavy atom. The van der Waals surface area contributed by atoms with Gasteiger partial charge in [-0.15, -0.1) is 0 Å². The molecule has 70 valence electrons. The van der Waals surface area contributed by atoms with E-state index in [2.05, 4.69) is 11.2 Å². The fraction of sp³-hybridized carbons (Fsp3) is 0. The summed E-state index contributed by atoms with van der Waals surface area (Å²) in [7, 11) is -8.50. The molecule has 0 amide bonds. The zero-order chi connectivity index (χ0) is 9.00. The molecule has 0 unspecified atom stereocenters. The average molecular weight is 263 g/mol. The third-order valence-corrected chi connectivity index (χ3v) is 0. The van der Waals surface area contributed by atoms with Gasteiger partial charge in [-0.2, -0.15) is 12.6 Å². The monoisotopic (exact) mass is 262 g/mol. The van der Waals surface area contributed by atoms with Gasteiger partial charge in [0.05, 0.1) is 0 Å². The number of hydrogen-bond donors (Lipinski definition) is 4. The van der Waals surface area contributed by atoms with E-state index in [4.69, 9.17) is 30.8 Å². The van der Waals surface area contributed by atoms with Crippen LogP contribution < -0.4 is 29.6 Å². The molecule has 0 radical (unpaired) electrons. The molecule has 0 aliphatic heterocycles. The Morgan fingerprint density at radius 1 is 1.00 bits per heavy atom. The van der Waals surface area contributed by atoms with Crippen LogP contribution in [-0.4, -0.2) is 53.9 Å². The van der Waals surface area contributed by atoms with Crippen LogP contribution in [0.2, 0.25) is 0 Å². The van der Waals surface area contributed by atoms with Gasteiger partial charge in [0.2, 0.25) is 0 Å². The van der Waals surface area contributed by atoms with Crippen LogP contribution in [0.5, 0.6) is 0 Å². The minimum Gasteiger partial charge on any atom is -1.00 e. The van der Waals surface area contributed by atoms with Crippen molar-refractivity contribution in [2.24, 2.45) is 0 Å². The van der Waals surface area contributed by atoms with Crippen molar-refractivity contribution in [2.45, 2.75) is 0 Å². The molecule has 0 rings (SSSR count). The molecule has 0 atom stereocenters. The van der Waals surface area contributed by atoms with Gasteiger partial charge in [-0.1, -0.05) is 0 Å². The molecule has 7 nitrogen and oxygen atoms in total. The smallest absolute Gasteiger partial charge is 1.00 e. The van der Waals surface area contributed by atoms with Gasteiger partial charge in [0.1, 0.15) is 0 Å². The molecule has 0 aromatic heterocycles. The predicted molar refractivity (Wildman–Crippen MR) is 44.0 cm³/mol. The summed E-state index contributed by atoms with van der Waals surface area (Å²) in [5, 5.41) is 0. The van der Waals surface area contributed by atoms with E-state index in [1.54, 1.807) is 0 Å². The summed E-state index contributed by atoms with van der Waals surface area (Å²) in [6.07, 6.45) is 0. The summed E-state index contributed by atoms with van der Waals surface area (Å²) in [6.45, 7) is 0. The van der Waals surface area contributed by atoms with Crippen molar-refractivity contribution in [3.8, 4) is 0 Å². The van der Waals surface area contributed by atoms with Crippen molar-refractivity contribution in [1.29, 1.82) is 0 Å². The van der Waals surface area contributed by atoms with Gasteiger partial charge in [-0.25, -0.2) is 0 Å². The van der Waals surface area contributed by atoms with E-state index in [0.29, 0.717) is 0 Å². The van der Waals surface area contributed by atoms with E-state index in [-0.39, 0.29) is 56.9 Å². The molecule has 12 heteroatoms. The Balaban J connectivity index is -0.0000000128. The molecule has 0 aliphatic rings. The van der Waals surface area contributed by atoms with Gasteiger partial charge in [0.25, 0.3) is 9.05 Å². The average Bonchev–Trinajstić information content (AvgIpc) is 1.12. The molecule has 0 aromatic rings. The van der Waals surface area contributed by atoms with Crippen molar-refractivity contribution >= 4 is 53.7 Å². The first kappa shape index (κ1) is 23.6. The van der Waals surface area contributed by atoms with Crippen LogP contribution in [0.3, 0.4) is 0 Å². The van der Waals surface area contributed by atoms with Crippen LogP contribution in [0.4, 0.5) is 0 Å². The fourth-order valence-electron chi connectivity index (χ4n) is 0. The van der Waals surface area contributed by atoms with E-state index in [1.165, 1.54) is 0 Å². The molecule has 0 saturated heterocycles. The maximum atomic E-state index is 9.11. The van der Waals surface area contributed by atoms with Gasteiger partial charge in [0, 0.05) is 11.2 Å². The van der Waals surface area contributed by atoms with Crippen LogP contribution in [0.15, 0.2) is 0 Å². The summed E-state index contributed by atoms with van der Waals surface area (Å²) in [5.41, 5.74) is 0. The molecule has 0 bridgehead atoms. The molecule has 0 fully saturated rings. The molecule has 0 spiro atoms. The topological polar surface area (TPSA) is 132 Å². The Kier molecular flexibility index (Phi) is 18.7. The fourth-order valence-corrected chi connectivity index (χ4v) is 0. The first-order valence-electron chi connectivity index (χ1n) is 1.40. The quantitative estimate of drug-likeness (QED) is 0.256. The van der Waals surface area contributed by atoms with Crippen molar-refractivity contribution in [2.75, 3.05) is 0 Å². The Bertz CT molecular complexity index is 226. The zero-order valence-corrected chi connectivity index (χ0v) is 11.8. The van der Waals surface area contributed by atoms with Crippen LogP contribution in [-0.2, 0) is 30.6 Å². The van der Waals surface area contributed by atoms with E-state index < -0.39 is 19.5 Å². The van der Waals surface area contributed by atoms with Crippen molar-refractivity contribution in [3.05, 3.63) is 0 Å². The maximum Gasteiger partial charge on any atom is 2.00 e. The van der Waals surface area contributed by atoms with Gasteiger partial charge < -0.3 is 4.28 Å². The van der Waals surface area contributed by atoms with Gasteiger partial charge in [0.15, 0.2) is 0 Å². The standard InChI is InChI=1S/Mg.Na.H2O4S.H2O3S2.3H/c;;2*1-5(2,3)4;;;/h;;2*(H2,1,2,3,4);;;/q+2;+1;;;3*-1. The van der Waals surface area contributed by atoms with Crippen LogP contribution in [0, 0.1) is 0 Å². The Hall–Kier alpha value is 1.93. The SMILES string of the molecule is O=S(=O)(O)O.O=S(O)(O)=S.[H-].[H-].[H-].[Mg+2].[Na+]. The Morgan fingerprint density at radius 2 is 1.00 bits per heavy atom. The molecule has 0 aromatic carbocycles. The zero-order valence-electron chi connectivity index (χ0n) is 8.95. The largest absolute Gasteiger partial charge is 2.00 e. The summed E-state index contributed by atoms with van der Waals surface area (Å²) in [6, 6.07) is 0.